The van der Waals surface area contributed by atoms with E-state index in [4.69, 9.17) is 26.2 Å². The summed E-state index contributed by atoms with van der Waals surface area (Å²) in [6.45, 7) is -0.0220. The number of hydrogen-bond donors (Lipinski definition) is 1. The Bertz CT molecular complexity index is 430. The summed E-state index contributed by atoms with van der Waals surface area (Å²) in [5.41, 5.74) is 0.359. The van der Waals surface area contributed by atoms with E-state index in [-0.39, 0.29) is 23.8 Å². The minimum absolute atomic E-state index is 0.0220. The van der Waals surface area contributed by atoms with Gasteiger partial charge in [-0.3, -0.25) is 9.59 Å². The number of benzene rings is 1. The molecule has 0 aliphatic rings. The fourth-order valence-corrected chi connectivity index (χ4v) is 1.46. The second-order valence-corrected chi connectivity index (χ2v) is 3.55. The van der Waals surface area contributed by atoms with Crippen molar-refractivity contribution in [2.24, 2.45) is 0 Å². The minimum Gasteiger partial charge on any atom is -0.493 e. The van der Waals surface area contributed by atoms with Gasteiger partial charge < -0.3 is 14.6 Å². The smallest absolute Gasteiger partial charge is 0.306 e. The van der Waals surface area contributed by atoms with Crippen molar-refractivity contribution in [3.63, 3.8) is 0 Å². The van der Waals surface area contributed by atoms with Crippen LogP contribution in [0.4, 0.5) is 0 Å². The van der Waals surface area contributed by atoms with Crippen molar-refractivity contribution in [2.45, 2.75) is 6.42 Å². The van der Waals surface area contributed by atoms with Crippen LogP contribution < -0.4 is 9.47 Å². The Hall–Kier alpha value is -1.75. The minimum atomic E-state index is -0.968. The van der Waals surface area contributed by atoms with Gasteiger partial charge in [0.25, 0.3) is 0 Å². The molecule has 1 aromatic rings. The predicted molar refractivity (Wildman–Crippen MR) is 61.1 cm³/mol. The van der Waals surface area contributed by atoms with Gasteiger partial charge in [-0.15, -0.1) is 0 Å². The Balaban J connectivity index is 2.89. The number of ether oxygens (including phenoxy) is 2. The topological polar surface area (TPSA) is 72.8 Å². The average molecular weight is 259 g/mol. The number of halogens is 1. The lowest BCUT2D eigenvalue weighted by atomic mass is 10.2. The second-order valence-electron chi connectivity index (χ2n) is 3.14. The Kier molecular flexibility index (Phi) is 4.78. The number of carbonyl (C=O) groups excluding carboxylic acids is 1. The van der Waals surface area contributed by atoms with Crippen LogP contribution in [-0.4, -0.2) is 31.1 Å². The highest BCUT2D eigenvalue weighted by Gasteiger charge is 2.12. The van der Waals surface area contributed by atoms with Gasteiger partial charge in [0.1, 0.15) is 6.29 Å². The lowest BCUT2D eigenvalue weighted by molar-refractivity contribution is -0.137. The molecule has 6 heteroatoms. The highest BCUT2D eigenvalue weighted by Crippen LogP contribution is 2.36. The molecule has 1 rings (SSSR count). The average Bonchev–Trinajstić information content (AvgIpc) is 2.30. The molecule has 0 saturated carbocycles. The van der Waals surface area contributed by atoms with Gasteiger partial charge in [0.15, 0.2) is 11.5 Å². The molecule has 1 aromatic carbocycles. The highest BCUT2D eigenvalue weighted by atomic mass is 35.5. The van der Waals surface area contributed by atoms with Gasteiger partial charge in [0.05, 0.1) is 25.2 Å². The quantitative estimate of drug-likeness (QED) is 0.790. The lowest BCUT2D eigenvalue weighted by Gasteiger charge is -2.12. The zero-order chi connectivity index (χ0) is 12.8. The summed E-state index contributed by atoms with van der Waals surface area (Å²) < 4.78 is 10.2. The Morgan fingerprint density at radius 2 is 2.24 bits per heavy atom. The summed E-state index contributed by atoms with van der Waals surface area (Å²) in [5, 5.41) is 8.68. The largest absolute Gasteiger partial charge is 0.493 e. The molecule has 0 spiro atoms. The van der Waals surface area contributed by atoms with Crippen molar-refractivity contribution in [1.29, 1.82) is 0 Å². The number of carboxylic acid groups (broad SMARTS) is 1. The first-order chi connectivity index (χ1) is 8.08. The highest BCUT2D eigenvalue weighted by molar-refractivity contribution is 6.32. The Morgan fingerprint density at radius 3 is 2.76 bits per heavy atom. The van der Waals surface area contributed by atoms with Crippen LogP contribution in [0.3, 0.4) is 0 Å². The second kappa shape index (κ2) is 6.10. The molecule has 0 fully saturated rings. The van der Waals surface area contributed by atoms with Crippen LogP contribution in [0, 0.1) is 0 Å². The molecule has 0 bridgehead atoms. The van der Waals surface area contributed by atoms with Crippen molar-refractivity contribution in [2.75, 3.05) is 13.7 Å². The van der Waals surface area contributed by atoms with E-state index in [1.165, 1.54) is 19.2 Å². The monoisotopic (exact) mass is 258 g/mol. The van der Waals surface area contributed by atoms with E-state index in [2.05, 4.69) is 0 Å². The van der Waals surface area contributed by atoms with Gasteiger partial charge in [-0.2, -0.15) is 0 Å². The molecule has 17 heavy (non-hydrogen) atoms. The van der Waals surface area contributed by atoms with Gasteiger partial charge >= 0.3 is 5.97 Å². The third kappa shape index (κ3) is 3.64. The number of aldehydes is 1. The molecule has 0 heterocycles. The van der Waals surface area contributed by atoms with E-state index < -0.39 is 5.97 Å². The molecule has 0 amide bonds. The molecule has 0 saturated heterocycles. The normalized spacial score (nSPS) is 9.76. The molecule has 0 unspecified atom stereocenters. The summed E-state index contributed by atoms with van der Waals surface area (Å²) in [7, 11) is 1.41. The number of rotatable bonds is 6. The number of carbonyl (C=O) groups is 2. The van der Waals surface area contributed by atoms with Crippen molar-refractivity contribution in [3.05, 3.63) is 22.7 Å². The summed E-state index contributed by atoms with van der Waals surface area (Å²) >= 11 is 5.90. The fourth-order valence-electron chi connectivity index (χ4n) is 1.19. The maximum atomic E-state index is 10.6. The lowest BCUT2D eigenvalue weighted by Crippen LogP contribution is -2.06. The van der Waals surface area contributed by atoms with E-state index in [1.807, 2.05) is 0 Å². The van der Waals surface area contributed by atoms with Gasteiger partial charge in [-0.1, -0.05) is 11.6 Å². The third-order valence-corrected chi connectivity index (χ3v) is 2.23. The molecular formula is C11H11ClO5. The van der Waals surface area contributed by atoms with Gasteiger partial charge in [-0.25, -0.2) is 0 Å². The van der Waals surface area contributed by atoms with Crippen molar-refractivity contribution >= 4 is 23.9 Å². The maximum absolute atomic E-state index is 10.6. The van der Waals surface area contributed by atoms with E-state index >= 15 is 0 Å². The number of carboxylic acids is 1. The zero-order valence-corrected chi connectivity index (χ0v) is 9.86. The van der Waals surface area contributed by atoms with E-state index in [9.17, 15) is 9.59 Å². The summed E-state index contributed by atoms with van der Waals surface area (Å²) in [6, 6.07) is 2.89. The first kappa shape index (κ1) is 13.3. The predicted octanol–water partition coefficient (Wildman–Crippen LogP) is 2.01. The maximum Gasteiger partial charge on any atom is 0.306 e. The molecule has 92 valence electrons. The SMILES string of the molecule is COc1cc(C=O)cc(Cl)c1OCCC(=O)O. The number of aliphatic carboxylic acids is 1. The summed E-state index contributed by atoms with van der Waals surface area (Å²) in [4.78, 5) is 20.9. The number of hydrogen-bond acceptors (Lipinski definition) is 4. The van der Waals surface area contributed by atoms with Gasteiger partial charge in [-0.05, 0) is 12.1 Å². The van der Waals surface area contributed by atoms with Crippen LogP contribution in [0.2, 0.25) is 5.02 Å². The van der Waals surface area contributed by atoms with Crippen molar-refractivity contribution in [3.8, 4) is 11.5 Å². The van der Waals surface area contributed by atoms with Crippen LogP contribution in [0.15, 0.2) is 12.1 Å². The fraction of sp³-hybridized carbons (Fsp3) is 0.273. The summed E-state index contributed by atoms with van der Waals surface area (Å²) in [6.07, 6.45) is 0.490. The van der Waals surface area contributed by atoms with Crippen molar-refractivity contribution < 1.29 is 24.2 Å². The Morgan fingerprint density at radius 1 is 1.53 bits per heavy atom. The third-order valence-electron chi connectivity index (χ3n) is 1.95. The number of methoxy groups -OCH3 is 1. The van der Waals surface area contributed by atoms with E-state index in [0.29, 0.717) is 17.6 Å². The van der Waals surface area contributed by atoms with Crippen molar-refractivity contribution in [1.82, 2.24) is 0 Å². The molecule has 0 aliphatic carbocycles. The molecule has 0 aromatic heterocycles. The molecule has 1 N–H and O–H groups in total. The van der Waals surface area contributed by atoms with Crippen LogP contribution in [-0.2, 0) is 4.79 Å². The van der Waals surface area contributed by atoms with Crippen LogP contribution in [0.25, 0.3) is 0 Å². The summed E-state index contributed by atoms with van der Waals surface area (Å²) in [5.74, 6) is -0.435. The molecule has 0 atom stereocenters. The first-order valence-corrected chi connectivity index (χ1v) is 5.13. The van der Waals surface area contributed by atoms with E-state index in [0.717, 1.165) is 0 Å². The molecule has 0 radical (unpaired) electrons. The van der Waals surface area contributed by atoms with Gasteiger partial charge in [0.2, 0.25) is 0 Å². The first-order valence-electron chi connectivity index (χ1n) is 4.75. The van der Waals surface area contributed by atoms with Crippen LogP contribution in [0.5, 0.6) is 11.5 Å². The van der Waals surface area contributed by atoms with Crippen LogP contribution in [0.1, 0.15) is 16.8 Å². The molecule has 0 aliphatic heterocycles. The zero-order valence-electron chi connectivity index (χ0n) is 9.10. The molecular weight excluding hydrogens is 248 g/mol. The van der Waals surface area contributed by atoms with E-state index in [1.54, 1.807) is 0 Å². The van der Waals surface area contributed by atoms with Gasteiger partial charge in [0, 0.05) is 5.56 Å². The molecule has 5 nitrogen and oxygen atoms in total. The standard InChI is InChI=1S/C11H11ClO5/c1-16-9-5-7(6-13)4-8(12)11(9)17-3-2-10(14)15/h4-6H,2-3H2,1H3,(H,14,15). The Labute approximate surface area is 103 Å². The van der Waals surface area contributed by atoms with Crippen LogP contribution >= 0.6 is 11.6 Å².